The fourth-order valence-corrected chi connectivity index (χ4v) is 6.80. The van der Waals surface area contributed by atoms with Crippen LogP contribution in [0.3, 0.4) is 0 Å². The Balaban J connectivity index is 1.47. The van der Waals surface area contributed by atoms with Gasteiger partial charge in [-0.1, -0.05) is 12.8 Å². The number of aromatic nitrogens is 2. The van der Waals surface area contributed by atoms with E-state index in [1.54, 1.807) is 0 Å². The molecule has 1 aliphatic heterocycles. The number of nitrogens with zero attached hydrogens (tertiary/aromatic N) is 4. The van der Waals surface area contributed by atoms with Crippen LogP contribution in [0.1, 0.15) is 79.2 Å². The molecule has 3 aromatic rings. The number of carbonyl (C=O) groups is 2. The summed E-state index contributed by atoms with van der Waals surface area (Å²) in [7, 11) is 0. The second-order valence-corrected chi connectivity index (χ2v) is 12.9. The Hall–Kier alpha value is -3.98. The minimum Gasteiger partial charge on any atom is -0.354 e. The van der Waals surface area contributed by atoms with Gasteiger partial charge in [-0.2, -0.15) is 0 Å². The molecule has 45 heavy (non-hydrogen) atoms. The lowest BCUT2D eigenvalue weighted by atomic mass is 9.96. The number of pyridine rings is 2. The average molecular weight is 613 g/mol. The van der Waals surface area contributed by atoms with E-state index < -0.39 is 0 Å². The molecule has 1 aliphatic carbocycles. The molecule has 0 atom stereocenters. The number of amides is 2. The van der Waals surface area contributed by atoms with E-state index in [0.717, 1.165) is 91.3 Å². The summed E-state index contributed by atoms with van der Waals surface area (Å²) in [6.07, 6.45) is 5.82. The molecular formula is C36H48N6O3. The number of hydrogen-bond acceptors (Lipinski definition) is 6. The SMILES string of the molecule is CCN(C(=O)C1CCCC1)c1cc(-c2ccc(N3CCN(C(C)C)CC3)nc2)cc(C(=O)NCc2c(C)cc(C)[nH]c2=O)c1C. The summed E-state index contributed by atoms with van der Waals surface area (Å²) >= 11 is 0. The molecular weight excluding hydrogens is 564 g/mol. The lowest BCUT2D eigenvalue weighted by molar-refractivity contribution is -0.122. The van der Waals surface area contributed by atoms with Gasteiger partial charge in [0.25, 0.3) is 11.5 Å². The molecule has 0 bridgehead atoms. The van der Waals surface area contributed by atoms with Crippen molar-refractivity contribution < 1.29 is 9.59 Å². The maximum Gasteiger partial charge on any atom is 0.253 e. The Kier molecular flexibility index (Phi) is 10.1. The molecule has 240 valence electrons. The van der Waals surface area contributed by atoms with Gasteiger partial charge in [0.15, 0.2) is 0 Å². The van der Waals surface area contributed by atoms with Crippen LogP contribution in [0, 0.1) is 26.7 Å². The van der Waals surface area contributed by atoms with Crippen molar-refractivity contribution in [1.29, 1.82) is 0 Å². The lowest BCUT2D eigenvalue weighted by Gasteiger charge is -2.37. The van der Waals surface area contributed by atoms with E-state index in [4.69, 9.17) is 4.98 Å². The largest absolute Gasteiger partial charge is 0.354 e. The Morgan fingerprint density at radius 1 is 1.02 bits per heavy atom. The Bertz CT molecular complexity index is 1580. The standard InChI is InChI=1S/C36H48N6O3/c1-7-42(36(45)27-10-8-9-11-27)32-20-29(28-12-13-33(37-21-28)41-16-14-40(15-17-41)23(2)3)19-30(26(32)6)34(43)38-22-31-24(4)18-25(5)39-35(31)44/h12-13,18-21,23,27H,7-11,14-17,22H2,1-6H3,(H,38,43)(H,39,44). The monoisotopic (exact) mass is 612 g/mol. The average Bonchev–Trinajstić information content (AvgIpc) is 3.57. The Morgan fingerprint density at radius 3 is 2.33 bits per heavy atom. The number of carbonyl (C=O) groups excluding carboxylic acids is 2. The van der Waals surface area contributed by atoms with Crippen molar-refractivity contribution in [2.75, 3.05) is 42.5 Å². The molecule has 5 rings (SSSR count). The van der Waals surface area contributed by atoms with E-state index in [2.05, 4.69) is 40.0 Å². The first-order chi connectivity index (χ1) is 21.6. The second-order valence-electron chi connectivity index (χ2n) is 12.9. The number of piperazine rings is 1. The highest BCUT2D eigenvalue weighted by Gasteiger charge is 2.29. The Morgan fingerprint density at radius 2 is 1.73 bits per heavy atom. The van der Waals surface area contributed by atoms with Gasteiger partial charge in [-0.25, -0.2) is 4.98 Å². The number of benzene rings is 1. The zero-order chi connectivity index (χ0) is 32.2. The van der Waals surface area contributed by atoms with E-state index in [1.165, 1.54) is 0 Å². The van der Waals surface area contributed by atoms with Crippen LogP contribution >= 0.6 is 0 Å². The van der Waals surface area contributed by atoms with Crippen LogP contribution in [-0.4, -0.2) is 65.4 Å². The summed E-state index contributed by atoms with van der Waals surface area (Å²) in [6.45, 7) is 16.6. The summed E-state index contributed by atoms with van der Waals surface area (Å²) in [5.41, 5.74) is 5.62. The minimum atomic E-state index is -0.285. The van der Waals surface area contributed by atoms with Gasteiger partial charge in [0.05, 0.1) is 0 Å². The molecule has 2 fully saturated rings. The van der Waals surface area contributed by atoms with E-state index in [1.807, 2.05) is 63.1 Å². The maximum absolute atomic E-state index is 13.8. The van der Waals surface area contributed by atoms with Crippen molar-refractivity contribution in [3.63, 3.8) is 0 Å². The van der Waals surface area contributed by atoms with Crippen LogP contribution in [-0.2, 0) is 11.3 Å². The van der Waals surface area contributed by atoms with Crippen LogP contribution in [0.4, 0.5) is 11.5 Å². The molecule has 2 N–H and O–H groups in total. The molecule has 1 saturated heterocycles. The van der Waals surface area contributed by atoms with E-state index >= 15 is 0 Å². The van der Waals surface area contributed by atoms with E-state index in [-0.39, 0.29) is 29.8 Å². The molecule has 0 unspecified atom stereocenters. The van der Waals surface area contributed by atoms with Crippen molar-refractivity contribution in [3.05, 3.63) is 74.8 Å². The third-order valence-corrected chi connectivity index (χ3v) is 9.57. The first kappa shape index (κ1) is 32.4. The maximum atomic E-state index is 13.8. The highest BCUT2D eigenvalue weighted by atomic mass is 16.2. The van der Waals surface area contributed by atoms with Crippen molar-refractivity contribution in [3.8, 4) is 11.1 Å². The van der Waals surface area contributed by atoms with Crippen LogP contribution in [0.15, 0.2) is 41.3 Å². The Labute approximate surface area is 267 Å². The molecule has 2 amide bonds. The highest BCUT2D eigenvalue weighted by Crippen LogP contribution is 2.35. The normalized spacial score (nSPS) is 15.9. The van der Waals surface area contributed by atoms with Gasteiger partial charge in [0, 0.05) is 85.5 Å². The third kappa shape index (κ3) is 7.14. The second kappa shape index (κ2) is 14.0. The van der Waals surface area contributed by atoms with Crippen molar-refractivity contribution in [1.82, 2.24) is 20.2 Å². The smallest absolute Gasteiger partial charge is 0.253 e. The van der Waals surface area contributed by atoms with Gasteiger partial charge in [0.2, 0.25) is 5.91 Å². The topological polar surface area (TPSA) is 102 Å². The number of rotatable bonds is 9. The molecule has 0 radical (unpaired) electrons. The van der Waals surface area contributed by atoms with Crippen LogP contribution in [0.2, 0.25) is 0 Å². The van der Waals surface area contributed by atoms with Crippen molar-refractivity contribution >= 4 is 23.3 Å². The number of aryl methyl sites for hydroxylation is 2. The molecule has 3 heterocycles. The molecule has 1 saturated carbocycles. The molecule has 2 aromatic heterocycles. The predicted molar refractivity (Wildman–Crippen MR) is 181 cm³/mol. The molecule has 0 spiro atoms. The fraction of sp³-hybridized carbons (Fsp3) is 0.500. The number of aromatic amines is 1. The number of anilines is 2. The van der Waals surface area contributed by atoms with Gasteiger partial charge in [-0.05, 0) is 101 Å². The summed E-state index contributed by atoms with van der Waals surface area (Å²) in [6, 6.07) is 10.4. The molecule has 9 nitrogen and oxygen atoms in total. The highest BCUT2D eigenvalue weighted by molar-refractivity contribution is 6.02. The van der Waals surface area contributed by atoms with Gasteiger partial charge in [-0.15, -0.1) is 0 Å². The van der Waals surface area contributed by atoms with Crippen molar-refractivity contribution in [2.24, 2.45) is 5.92 Å². The summed E-state index contributed by atoms with van der Waals surface area (Å²) in [4.78, 5) is 54.4. The van der Waals surface area contributed by atoms with Crippen molar-refractivity contribution in [2.45, 2.75) is 79.8 Å². The predicted octanol–water partition coefficient (Wildman–Crippen LogP) is 5.37. The molecule has 2 aliphatic rings. The first-order valence-electron chi connectivity index (χ1n) is 16.5. The number of nitrogens with one attached hydrogen (secondary N) is 2. The fourth-order valence-electron chi connectivity index (χ4n) is 6.80. The van der Waals surface area contributed by atoms with Gasteiger partial charge in [0.1, 0.15) is 5.82 Å². The lowest BCUT2D eigenvalue weighted by Crippen LogP contribution is -2.49. The quantitative estimate of drug-likeness (QED) is 0.337. The van der Waals surface area contributed by atoms with Crippen LogP contribution in [0.5, 0.6) is 0 Å². The molecule has 1 aromatic carbocycles. The first-order valence-corrected chi connectivity index (χ1v) is 16.5. The summed E-state index contributed by atoms with van der Waals surface area (Å²) in [5, 5.41) is 2.98. The minimum absolute atomic E-state index is 0.0126. The summed E-state index contributed by atoms with van der Waals surface area (Å²) in [5.74, 6) is 0.792. The number of H-pyrrole nitrogens is 1. The van der Waals surface area contributed by atoms with Crippen LogP contribution < -0.4 is 20.7 Å². The zero-order valence-corrected chi connectivity index (χ0v) is 27.7. The molecule has 9 heteroatoms. The zero-order valence-electron chi connectivity index (χ0n) is 27.7. The van der Waals surface area contributed by atoms with E-state index in [0.29, 0.717) is 23.7 Å². The van der Waals surface area contributed by atoms with E-state index in [9.17, 15) is 14.4 Å². The third-order valence-electron chi connectivity index (χ3n) is 9.57. The van der Waals surface area contributed by atoms with Gasteiger partial charge >= 0.3 is 0 Å². The summed E-state index contributed by atoms with van der Waals surface area (Å²) < 4.78 is 0. The number of hydrogen-bond donors (Lipinski definition) is 2. The van der Waals surface area contributed by atoms with Gasteiger partial charge < -0.3 is 20.1 Å². The van der Waals surface area contributed by atoms with Gasteiger partial charge in [-0.3, -0.25) is 19.3 Å². The van der Waals surface area contributed by atoms with Crippen LogP contribution in [0.25, 0.3) is 11.1 Å².